The van der Waals surface area contributed by atoms with Crippen LogP contribution < -0.4 is 18.9 Å². The number of aromatic nitrogens is 2. The van der Waals surface area contributed by atoms with Crippen molar-refractivity contribution in [1.82, 2.24) is 15.0 Å². The Labute approximate surface area is 490 Å². The van der Waals surface area contributed by atoms with Gasteiger partial charge in [-0.2, -0.15) is 19.0 Å². The summed E-state index contributed by atoms with van der Waals surface area (Å²) in [6.07, 6.45) is 29.2. The molecule has 8 nitrogen and oxygen atoms in total. The Bertz CT molecular complexity index is 2560. The second-order valence-electron chi connectivity index (χ2n) is 26.3. The molecule has 0 aliphatic heterocycles. The van der Waals surface area contributed by atoms with Crippen LogP contribution in [0.15, 0.2) is 73.1 Å². The second-order valence-corrected chi connectivity index (χ2v) is 26.3. The maximum Gasteiger partial charge on any atom is 1.00 e. The molecule has 0 unspecified atom stereocenters. The number of hydrogen-bond acceptors (Lipinski definition) is 8. The Morgan fingerprint density at radius 3 is 1.59 bits per heavy atom. The van der Waals surface area contributed by atoms with Crippen LogP contribution in [-0.4, -0.2) is 68.5 Å². The van der Waals surface area contributed by atoms with Gasteiger partial charge < -0.3 is 17.1 Å². The van der Waals surface area contributed by atoms with Gasteiger partial charge in [-0.25, -0.2) is 5.06 Å². The zero-order chi connectivity index (χ0) is 54.6. The molecular weight excluding hydrogens is 978 g/mol. The molecule has 0 bridgehead atoms. The average molecular weight is 1080 g/mol. The van der Waals surface area contributed by atoms with Crippen LogP contribution >= 0.6 is 12.6 Å². The zero-order valence-electron chi connectivity index (χ0n) is 49.3. The predicted octanol–water partition coefficient (Wildman–Crippen LogP) is 12.7. The number of aryl methyl sites for hydroxylation is 1. The summed E-state index contributed by atoms with van der Waals surface area (Å²) in [5.41, 5.74) is 1.48. The number of Topliss-reactive ketones (excluding diaryl/α,β-unsaturated/α-hetero) is 1. The number of thiol groups is 1. The second kappa shape index (κ2) is 27.5. The molecule has 2 N–H and O–H groups in total. The molecule has 0 radical (unpaired) electrons. The van der Waals surface area contributed by atoms with Crippen molar-refractivity contribution in [2.45, 2.75) is 195 Å². The standard InChI is InChI=1S/C30H39NO2.C22H37NO3.C10H9N.C4H9.CH4S.CH4.Li/c1-29(33)14-11-21-20(18-29)7-8-24-23(21)12-15-30(2)25(24)9-10-26(30)28(32)17-27-22-6-4-3-5-19(22)13-16-31-27;1-21(25)11-9-15-14(13-21)5-6-17-16(15)10-12-22(2)18(17)7-8-19(22)20(24)23(3)26-4;1-8-10-5-3-2-4-9(10)6-7-11-8;1-3-4-2;1-2;;/h3-6,13,16,20-21,23-26,33H,7-12,14-15,17-18H2,1-2H3;14-19,25H,5-13H2,1-4H3;2-7H,1H3;1,3-4H2,2H3;2H,1H3;1H4;/q;;;-1;;;+1/t20-,21+,23-,24-,25+,26-,29-,30+;14-,15+,16-,17-,18+,19-,21-,22+;;;;;/m11...../s1. The van der Waals surface area contributed by atoms with E-state index in [0.717, 1.165) is 109 Å². The van der Waals surface area contributed by atoms with Gasteiger partial charge in [0, 0.05) is 54.2 Å². The van der Waals surface area contributed by atoms with Crippen molar-refractivity contribution in [2.75, 3.05) is 20.4 Å². The van der Waals surface area contributed by atoms with E-state index in [9.17, 15) is 19.8 Å². The van der Waals surface area contributed by atoms with E-state index in [0.29, 0.717) is 24.0 Å². The molecule has 16 atom stereocenters. The molecule has 8 aliphatic carbocycles. The van der Waals surface area contributed by atoms with Crippen LogP contribution in [0.5, 0.6) is 0 Å². The minimum Gasteiger partial charge on any atom is -0.390 e. The van der Waals surface area contributed by atoms with E-state index >= 15 is 0 Å². The van der Waals surface area contributed by atoms with Gasteiger partial charge in [-0.1, -0.05) is 83.1 Å². The van der Waals surface area contributed by atoms with E-state index < -0.39 is 11.2 Å². The molecular formula is C68H102LiN3O5S. The Balaban J connectivity index is 0.000000194. The van der Waals surface area contributed by atoms with Gasteiger partial charge in [-0.05, 0) is 236 Å². The van der Waals surface area contributed by atoms with Gasteiger partial charge in [0.15, 0.2) is 0 Å². The normalized spacial score (nSPS) is 36.7. The number of pyridine rings is 2. The molecule has 0 saturated heterocycles. The number of carbonyl (C=O) groups is 2. The third-order valence-corrected chi connectivity index (χ3v) is 22.1. The van der Waals surface area contributed by atoms with E-state index in [4.69, 9.17) is 4.84 Å². The summed E-state index contributed by atoms with van der Waals surface area (Å²) in [4.78, 5) is 40.6. The number of fused-ring (bicyclic) bond motifs is 12. The third-order valence-electron chi connectivity index (χ3n) is 22.1. The van der Waals surface area contributed by atoms with E-state index in [2.05, 4.69) is 80.6 Å². The number of benzene rings is 2. The summed E-state index contributed by atoms with van der Waals surface area (Å²) < 4.78 is 0. The number of unbranched alkanes of at least 4 members (excludes halogenated alkanes) is 1. The fourth-order valence-corrected chi connectivity index (χ4v) is 18.3. The van der Waals surface area contributed by atoms with Crippen molar-refractivity contribution in [3.05, 3.63) is 91.4 Å². The first-order chi connectivity index (χ1) is 36.4. The molecule has 1 amide bonds. The fourth-order valence-electron chi connectivity index (χ4n) is 18.3. The van der Waals surface area contributed by atoms with Crippen LogP contribution in [0.1, 0.15) is 182 Å². The number of amides is 1. The van der Waals surface area contributed by atoms with Crippen LogP contribution in [0.3, 0.4) is 0 Å². The molecule has 8 aliphatic rings. The number of rotatable bonds is 6. The number of aliphatic hydroxyl groups is 2. The Morgan fingerprint density at radius 1 is 0.641 bits per heavy atom. The maximum absolute atomic E-state index is 13.7. The summed E-state index contributed by atoms with van der Waals surface area (Å²) in [6, 6.07) is 20.7. The number of hydroxylamine groups is 2. The first-order valence-electron chi connectivity index (χ1n) is 30.1. The van der Waals surface area contributed by atoms with Crippen LogP contribution in [0.4, 0.5) is 0 Å². The van der Waals surface area contributed by atoms with E-state index in [1.807, 2.05) is 63.5 Å². The molecule has 8 saturated carbocycles. The van der Waals surface area contributed by atoms with Crippen LogP contribution in [0, 0.1) is 95.7 Å². The Hall–Kier alpha value is -2.77. The number of carbonyl (C=O) groups excluding carboxylic acids is 2. The fraction of sp³-hybridized carbons (Fsp3) is 0.691. The average Bonchev–Trinajstić information content (AvgIpc) is 4.19. The third kappa shape index (κ3) is 13.5. The van der Waals surface area contributed by atoms with Crippen molar-refractivity contribution in [3.63, 3.8) is 0 Å². The minimum absolute atomic E-state index is 0. The number of nitrogens with zero attached hydrogens (tertiary/aromatic N) is 3. The van der Waals surface area contributed by atoms with Gasteiger partial charge in [-0.15, -0.1) is 0 Å². The molecule has 2 heterocycles. The number of ketones is 1. The smallest absolute Gasteiger partial charge is 0.390 e. The van der Waals surface area contributed by atoms with Gasteiger partial charge in [-0.3, -0.25) is 24.4 Å². The maximum atomic E-state index is 13.7. The van der Waals surface area contributed by atoms with Crippen molar-refractivity contribution < 1.29 is 43.5 Å². The summed E-state index contributed by atoms with van der Waals surface area (Å²) >= 11 is 3.53. The molecule has 4 aromatic rings. The van der Waals surface area contributed by atoms with E-state index in [1.165, 1.54) is 105 Å². The summed E-state index contributed by atoms with van der Waals surface area (Å²) in [6.45, 7) is 16.7. The Kier molecular flexibility index (Phi) is 22.7. The first kappa shape index (κ1) is 64.4. The van der Waals surface area contributed by atoms with Crippen molar-refractivity contribution >= 4 is 45.9 Å². The number of hydrogen-bond donors (Lipinski definition) is 3. The van der Waals surface area contributed by atoms with Crippen molar-refractivity contribution in [2.24, 2.45) is 81.8 Å². The molecule has 426 valence electrons. The molecule has 8 fully saturated rings. The zero-order valence-corrected chi connectivity index (χ0v) is 50.2. The summed E-state index contributed by atoms with van der Waals surface area (Å²) in [5.74, 6) is 8.63. The van der Waals surface area contributed by atoms with Crippen LogP contribution in [0.2, 0.25) is 0 Å². The molecule has 12 rings (SSSR count). The van der Waals surface area contributed by atoms with E-state index in [1.54, 1.807) is 20.4 Å². The van der Waals surface area contributed by atoms with Gasteiger partial charge in [0.2, 0.25) is 5.91 Å². The van der Waals surface area contributed by atoms with Crippen LogP contribution in [-0.2, 0) is 20.8 Å². The minimum atomic E-state index is -0.447. The van der Waals surface area contributed by atoms with Gasteiger partial charge >= 0.3 is 18.9 Å². The predicted molar refractivity (Wildman–Crippen MR) is 321 cm³/mol. The first-order valence-corrected chi connectivity index (χ1v) is 31.0. The molecule has 2 aromatic heterocycles. The molecule has 0 spiro atoms. The summed E-state index contributed by atoms with van der Waals surface area (Å²) in [5, 5.41) is 27.4. The van der Waals surface area contributed by atoms with Gasteiger partial charge in [0.05, 0.1) is 24.0 Å². The topological polar surface area (TPSA) is 113 Å². The van der Waals surface area contributed by atoms with Gasteiger partial charge in [0.1, 0.15) is 5.78 Å². The monoisotopic (exact) mass is 1080 g/mol. The molecule has 2 aromatic carbocycles. The van der Waals surface area contributed by atoms with Gasteiger partial charge in [0.25, 0.3) is 0 Å². The SMILES string of the molecule is C.CON(C)C(=O)[C@H]1CC[C@H]2[C@@H]3CC[C@@H]4C[C@](C)(O)CC[C@@H]4[C@H]3CC[C@]12C.CS.C[C@@]1(O)CC[C@H]2[C@H](CC[C@@H]3[C@@H]2CC[C@]2(C)[C@@H](C(=O)Cc4nccc5ccccc45)CC[C@@H]32)C1.Cc1nccc2ccccc12.[CH2-]CCC.[Li+]. The molecule has 10 heteroatoms. The van der Waals surface area contributed by atoms with E-state index in [-0.39, 0.29) is 54.9 Å². The van der Waals surface area contributed by atoms with Crippen molar-refractivity contribution in [1.29, 1.82) is 0 Å². The largest absolute Gasteiger partial charge is 1.00 e. The quantitative estimate of drug-likeness (QED) is 0.0763. The van der Waals surface area contributed by atoms with Crippen molar-refractivity contribution in [3.8, 4) is 0 Å². The molecule has 78 heavy (non-hydrogen) atoms. The summed E-state index contributed by atoms with van der Waals surface area (Å²) in [7, 11) is 3.34. The Morgan fingerprint density at radius 2 is 1.09 bits per heavy atom. The van der Waals surface area contributed by atoms with Crippen LogP contribution in [0.25, 0.3) is 21.5 Å².